The summed E-state index contributed by atoms with van der Waals surface area (Å²) in [4.78, 5) is 16.0. The highest BCUT2D eigenvalue weighted by atomic mass is 16.6. The summed E-state index contributed by atoms with van der Waals surface area (Å²) in [5.41, 5.74) is 0.0398. The lowest BCUT2D eigenvalue weighted by molar-refractivity contribution is -0.385. The number of nitrogens with zero attached hydrogens (tertiary/aromatic N) is 3. The average molecular weight is 193 g/mol. The Bertz CT molecular complexity index is 346. The van der Waals surface area contributed by atoms with Crippen LogP contribution in [-0.4, -0.2) is 23.0 Å². The second-order valence-electron chi connectivity index (χ2n) is 3.47. The van der Waals surface area contributed by atoms with E-state index in [0.717, 1.165) is 5.82 Å². The van der Waals surface area contributed by atoms with Gasteiger partial charge in [-0.3, -0.25) is 10.1 Å². The van der Waals surface area contributed by atoms with Crippen molar-refractivity contribution in [3.63, 3.8) is 0 Å². The summed E-state index contributed by atoms with van der Waals surface area (Å²) in [6.07, 6.45) is 3.68. The second kappa shape index (κ2) is 3.25. The molecule has 1 aliphatic rings. The Kier molecular flexibility index (Phi) is 2.07. The van der Waals surface area contributed by atoms with Gasteiger partial charge in [-0.15, -0.1) is 0 Å². The third-order valence-electron chi connectivity index (χ3n) is 2.40. The van der Waals surface area contributed by atoms with Gasteiger partial charge in [0.15, 0.2) is 0 Å². The topological polar surface area (TPSA) is 59.3 Å². The summed E-state index contributed by atoms with van der Waals surface area (Å²) < 4.78 is 0. The monoisotopic (exact) mass is 193 g/mol. The number of anilines is 1. The fourth-order valence-electron chi connectivity index (χ4n) is 1.34. The summed E-state index contributed by atoms with van der Waals surface area (Å²) in [5.74, 6) is 0.804. The summed E-state index contributed by atoms with van der Waals surface area (Å²) in [6.45, 7) is 0. The molecule has 1 heterocycles. The highest BCUT2D eigenvalue weighted by Crippen LogP contribution is 2.29. The average Bonchev–Trinajstić information content (AvgIpc) is 3.00. The largest absolute Gasteiger partial charge is 0.357 e. The first-order chi connectivity index (χ1) is 6.68. The molecule has 1 aromatic heterocycles. The molecule has 0 amide bonds. The van der Waals surface area contributed by atoms with Gasteiger partial charge in [-0.25, -0.2) is 4.98 Å². The molecule has 0 saturated heterocycles. The van der Waals surface area contributed by atoms with Crippen LogP contribution in [-0.2, 0) is 0 Å². The zero-order valence-corrected chi connectivity index (χ0v) is 7.88. The first-order valence-corrected chi connectivity index (χ1v) is 4.52. The number of aromatic nitrogens is 1. The van der Waals surface area contributed by atoms with Crippen molar-refractivity contribution in [2.24, 2.45) is 0 Å². The second-order valence-corrected chi connectivity index (χ2v) is 3.47. The predicted octanol–water partition coefficient (Wildman–Crippen LogP) is 1.59. The maximum Gasteiger partial charge on any atom is 0.287 e. The van der Waals surface area contributed by atoms with Crippen LogP contribution in [0.3, 0.4) is 0 Å². The van der Waals surface area contributed by atoms with Crippen molar-refractivity contribution in [3.05, 3.63) is 28.4 Å². The van der Waals surface area contributed by atoms with Crippen molar-refractivity contribution in [2.45, 2.75) is 18.9 Å². The fourth-order valence-corrected chi connectivity index (χ4v) is 1.34. The van der Waals surface area contributed by atoms with Gasteiger partial charge in [-0.2, -0.15) is 0 Å². The Hall–Kier alpha value is -1.65. The molecule has 1 fully saturated rings. The third kappa shape index (κ3) is 1.66. The number of hydrogen-bond donors (Lipinski definition) is 0. The van der Waals surface area contributed by atoms with Crippen molar-refractivity contribution in [2.75, 3.05) is 11.9 Å². The van der Waals surface area contributed by atoms with Gasteiger partial charge in [-0.1, -0.05) is 0 Å². The molecule has 0 aliphatic heterocycles. The molecule has 14 heavy (non-hydrogen) atoms. The van der Waals surface area contributed by atoms with Crippen LogP contribution in [0.15, 0.2) is 18.3 Å². The van der Waals surface area contributed by atoms with Gasteiger partial charge >= 0.3 is 0 Å². The van der Waals surface area contributed by atoms with E-state index in [9.17, 15) is 10.1 Å². The minimum Gasteiger partial charge on any atom is -0.357 e. The zero-order chi connectivity index (χ0) is 10.1. The van der Waals surface area contributed by atoms with Crippen LogP contribution >= 0.6 is 0 Å². The minimum atomic E-state index is -0.437. The van der Waals surface area contributed by atoms with Crippen molar-refractivity contribution < 1.29 is 4.92 Å². The standard InChI is InChI=1S/C9H11N3O2/c1-11(7-2-3-7)9-5-4-8(6-10-9)12(13)14/h4-7H,2-3H2,1H3. The molecule has 0 atom stereocenters. The number of hydrogen-bond acceptors (Lipinski definition) is 4. The molecule has 0 spiro atoms. The molecular weight excluding hydrogens is 182 g/mol. The van der Waals surface area contributed by atoms with E-state index in [1.54, 1.807) is 6.07 Å². The molecular formula is C9H11N3O2. The molecule has 1 saturated carbocycles. The smallest absolute Gasteiger partial charge is 0.287 e. The normalized spacial score (nSPS) is 15.2. The van der Waals surface area contributed by atoms with E-state index in [0.29, 0.717) is 6.04 Å². The lowest BCUT2D eigenvalue weighted by Gasteiger charge is -2.16. The van der Waals surface area contributed by atoms with E-state index < -0.39 is 4.92 Å². The van der Waals surface area contributed by atoms with E-state index in [2.05, 4.69) is 9.88 Å². The molecule has 0 aromatic carbocycles. The molecule has 1 aromatic rings. The van der Waals surface area contributed by atoms with E-state index >= 15 is 0 Å². The van der Waals surface area contributed by atoms with Gasteiger partial charge in [0.2, 0.25) is 0 Å². The van der Waals surface area contributed by atoms with Crippen LogP contribution in [0.5, 0.6) is 0 Å². The number of nitro groups is 1. The molecule has 0 bridgehead atoms. The maximum absolute atomic E-state index is 10.4. The van der Waals surface area contributed by atoms with Crippen molar-refractivity contribution in [1.82, 2.24) is 4.98 Å². The van der Waals surface area contributed by atoms with Crippen LogP contribution in [0.4, 0.5) is 11.5 Å². The van der Waals surface area contributed by atoms with Crippen LogP contribution in [0, 0.1) is 10.1 Å². The van der Waals surface area contributed by atoms with Gasteiger partial charge in [0.05, 0.1) is 4.92 Å². The number of rotatable bonds is 3. The van der Waals surface area contributed by atoms with Gasteiger partial charge in [-0.05, 0) is 18.9 Å². The Morgan fingerprint density at radius 2 is 2.29 bits per heavy atom. The van der Waals surface area contributed by atoms with Crippen LogP contribution in [0.25, 0.3) is 0 Å². The van der Waals surface area contributed by atoms with E-state index in [-0.39, 0.29) is 5.69 Å². The Morgan fingerprint density at radius 3 is 2.71 bits per heavy atom. The number of pyridine rings is 1. The van der Waals surface area contributed by atoms with Crippen molar-refractivity contribution in [3.8, 4) is 0 Å². The van der Waals surface area contributed by atoms with Gasteiger partial charge < -0.3 is 4.90 Å². The summed E-state index contributed by atoms with van der Waals surface area (Å²) in [6, 6.07) is 3.75. The van der Waals surface area contributed by atoms with Gasteiger partial charge in [0.1, 0.15) is 12.0 Å². The lowest BCUT2D eigenvalue weighted by atomic mass is 10.4. The summed E-state index contributed by atoms with van der Waals surface area (Å²) in [5, 5.41) is 10.4. The highest BCUT2D eigenvalue weighted by Gasteiger charge is 2.27. The summed E-state index contributed by atoms with van der Waals surface area (Å²) in [7, 11) is 1.96. The Labute approximate surface area is 81.5 Å². The Morgan fingerprint density at radius 1 is 1.57 bits per heavy atom. The van der Waals surface area contributed by atoms with Crippen molar-refractivity contribution in [1.29, 1.82) is 0 Å². The van der Waals surface area contributed by atoms with Gasteiger partial charge in [0.25, 0.3) is 5.69 Å². The summed E-state index contributed by atoms with van der Waals surface area (Å²) >= 11 is 0. The lowest BCUT2D eigenvalue weighted by Crippen LogP contribution is -2.20. The molecule has 74 valence electrons. The molecule has 2 rings (SSSR count). The maximum atomic E-state index is 10.4. The van der Waals surface area contributed by atoms with Crippen LogP contribution < -0.4 is 4.90 Å². The fraction of sp³-hybridized carbons (Fsp3) is 0.444. The SMILES string of the molecule is CN(c1ccc([N+](=O)[O-])cn1)C1CC1. The van der Waals surface area contributed by atoms with E-state index in [1.165, 1.54) is 25.1 Å². The molecule has 1 aliphatic carbocycles. The predicted molar refractivity (Wildman–Crippen MR) is 52.3 cm³/mol. The van der Waals surface area contributed by atoms with E-state index in [4.69, 9.17) is 0 Å². The van der Waals surface area contributed by atoms with E-state index in [1.807, 2.05) is 7.05 Å². The molecule has 5 heteroatoms. The molecule has 0 N–H and O–H groups in total. The first kappa shape index (κ1) is 8.93. The van der Waals surface area contributed by atoms with Crippen molar-refractivity contribution >= 4 is 11.5 Å². The minimum absolute atomic E-state index is 0.0398. The Balaban J connectivity index is 2.16. The van der Waals surface area contributed by atoms with Crippen LogP contribution in [0.2, 0.25) is 0 Å². The molecule has 0 unspecified atom stereocenters. The van der Waals surface area contributed by atoms with Crippen LogP contribution in [0.1, 0.15) is 12.8 Å². The van der Waals surface area contributed by atoms with Gasteiger partial charge in [0, 0.05) is 19.2 Å². The highest BCUT2D eigenvalue weighted by molar-refractivity contribution is 5.44. The third-order valence-corrected chi connectivity index (χ3v) is 2.40. The first-order valence-electron chi connectivity index (χ1n) is 4.52. The molecule has 5 nitrogen and oxygen atoms in total. The zero-order valence-electron chi connectivity index (χ0n) is 7.88. The molecule has 0 radical (unpaired) electrons. The quantitative estimate of drug-likeness (QED) is 0.540.